The van der Waals surface area contributed by atoms with Gasteiger partial charge < -0.3 is 4.74 Å². The maximum Gasteiger partial charge on any atom is 0.175 e. The molecule has 0 amide bonds. The van der Waals surface area contributed by atoms with Gasteiger partial charge in [-0.15, -0.1) is 11.3 Å². The predicted molar refractivity (Wildman–Crippen MR) is 116 cm³/mol. The molecular formula is C22H24N2O2S2. The number of aromatic nitrogens is 2. The van der Waals surface area contributed by atoms with Gasteiger partial charge in [0, 0.05) is 15.8 Å². The van der Waals surface area contributed by atoms with Crippen molar-refractivity contribution in [3.8, 4) is 5.75 Å². The number of carbonyl (C=O) groups excluding carboxylic acids is 1. The van der Waals surface area contributed by atoms with Crippen LogP contribution < -0.4 is 4.74 Å². The molecule has 4 rings (SSSR count). The number of ether oxygens (including phenoxy) is 1. The number of thioether (sulfide) groups is 1. The molecule has 0 saturated heterocycles. The van der Waals surface area contributed by atoms with E-state index >= 15 is 0 Å². The molecule has 4 nitrogen and oxygen atoms in total. The molecule has 0 unspecified atom stereocenters. The van der Waals surface area contributed by atoms with Crippen LogP contribution in [0.3, 0.4) is 0 Å². The summed E-state index contributed by atoms with van der Waals surface area (Å²) in [5.74, 6) is 1.67. The lowest BCUT2D eigenvalue weighted by molar-refractivity contribution is 0.0994. The lowest BCUT2D eigenvalue weighted by Crippen LogP contribution is -2.14. The van der Waals surface area contributed by atoms with Gasteiger partial charge in [-0.2, -0.15) is 0 Å². The highest BCUT2D eigenvalue weighted by molar-refractivity contribution is 8.00. The molecular weight excluding hydrogens is 388 g/mol. The molecule has 6 heteroatoms. The molecule has 0 saturated carbocycles. The number of ketones is 1. The molecule has 3 aromatic rings. The molecule has 2 heterocycles. The highest BCUT2D eigenvalue weighted by atomic mass is 32.2. The Balaban J connectivity index is 1.62. The van der Waals surface area contributed by atoms with E-state index in [9.17, 15) is 4.79 Å². The molecule has 146 valence electrons. The van der Waals surface area contributed by atoms with Crippen LogP contribution in [0.25, 0.3) is 10.2 Å². The Kier molecular flexibility index (Phi) is 5.69. The summed E-state index contributed by atoms with van der Waals surface area (Å²) in [6, 6.07) is 7.40. The zero-order valence-electron chi connectivity index (χ0n) is 16.4. The first-order chi connectivity index (χ1) is 13.6. The van der Waals surface area contributed by atoms with Crippen molar-refractivity contribution in [1.29, 1.82) is 0 Å². The number of benzene rings is 1. The van der Waals surface area contributed by atoms with E-state index in [2.05, 4.69) is 4.98 Å². The molecule has 0 N–H and O–H groups in total. The van der Waals surface area contributed by atoms with Gasteiger partial charge in [-0.25, -0.2) is 9.97 Å². The summed E-state index contributed by atoms with van der Waals surface area (Å²) < 4.78 is 5.47. The van der Waals surface area contributed by atoms with Crippen molar-refractivity contribution in [3.63, 3.8) is 0 Å². The van der Waals surface area contributed by atoms with Crippen LogP contribution in [0.5, 0.6) is 5.75 Å². The fourth-order valence-corrected chi connectivity index (χ4v) is 6.12. The van der Waals surface area contributed by atoms with E-state index in [0.29, 0.717) is 12.2 Å². The molecule has 1 atom stereocenters. The molecule has 1 aromatic carbocycles. The Hall–Kier alpha value is -1.92. The minimum Gasteiger partial charge on any atom is -0.494 e. The van der Waals surface area contributed by atoms with Gasteiger partial charge in [0.2, 0.25) is 0 Å². The summed E-state index contributed by atoms with van der Waals surface area (Å²) in [4.78, 5) is 24.9. The largest absolute Gasteiger partial charge is 0.494 e. The Labute approximate surface area is 173 Å². The number of Topliss-reactive ketones (excluding diaryl/α,β-unsaturated/α-hetero) is 1. The number of hydrogen-bond acceptors (Lipinski definition) is 6. The molecule has 2 aromatic heterocycles. The van der Waals surface area contributed by atoms with Crippen LogP contribution >= 0.6 is 23.1 Å². The minimum atomic E-state index is -0.213. The van der Waals surface area contributed by atoms with Gasteiger partial charge in [-0.3, -0.25) is 4.79 Å². The number of thiophene rings is 1. The number of fused-ring (bicyclic) bond motifs is 3. The van der Waals surface area contributed by atoms with E-state index in [1.54, 1.807) is 23.1 Å². The van der Waals surface area contributed by atoms with Gasteiger partial charge in [0.15, 0.2) is 5.78 Å². The van der Waals surface area contributed by atoms with Crippen LogP contribution in [0.2, 0.25) is 0 Å². The summed E-state index contributed by atoms with van der Waals surface area (Å²) >= 11 is 3.36. The molecule has 28 heavy (non-hydrogen) atoms. The molecule has 0 radical (unpaired) electrons. The lowest BCUT2D eigenvalue weighted by atomic mass is 9.97. The zero-order valence-corrected chi connectivity index (χ0v) is 18.1. The third-order valence-corrected chi connectivity index (χ3v) is 7.27. The van der Waals surface area contributed by atoms with Crippen molar-refractivity contribution < 1.29 is 9.53 Å². The van der Waals surface area contributed by atoms with Gasteiger partial charge in [-0.1, -0.05) is 11.8 Å². The second-order valence-electron chi connectivity index (χ2n) is 7.05. The first-order valence-electron chi connectivity index (χ1n) is 9.79. The molecule has 0 bridgehead atoms. The SMILES string of the molecule is CCOc1ccc(C(=O)[C@H](C)Sc2nc(C)nc3sc4c(c23)CCCC4)cc1. The van der Waals surface area contributed by atoms with Crippen LogP contribution in [0.1, 0.15) is 53.3 Å². The lowest BCUT2D eigenvalue weighted by Gasteiger charge is -2.14. The summed E-state index contributed by atoms with van der Waals surface area (Å²) in [7, 11) is 0. The smallest absolute Gasteiger partial charge is 0.175 e. The Morgan fingerprint density at radius 1 is 1.21 bits per heavy atom. The van der Waals surface area contributed by atoms with Crippen molar-refractivity contribution in [2.75, 3.05) is 6.61 Å². The Morgan fingerprint density at radius 3 is 2.71 bits per heavy atom. The first kappa shape index (κ1) is 19.4. The monoisotopic (exact) mass is 412 g/mol. The topological polar surface area (TPSA) is 52.1 Å². The third-order valence-electron chi connectivity index (χ3n) is 5.00. The maximum absolute atomic E-state index is 13.0. The van der Waals surface area contributed by atoms with Gasteiger partial charge in [0.1, 0.15) is 21.4 Å². The highest BCUT2D eigenvalue weighted by Crippen LogP contribution is 2.40. The number of nitrogens with zero attached hydrogens (tertiary/aromatic N) is 2. The predicted octanol–water partition coefficient (Wildman–Crippen LogP) is 5.64. The van der Waals surface area contributed by atoms with E-state index in [0.717, 1.165) is 34.3 Å². The maximum atomic E-state index is 13.0. The standard InChI is InChI=1S/C22H24N2O2S2/c1-4-26-16-11-9-15(10-12-16)20(25)13(2)27-21-19-17-7-5-6-8-18(17)28-22(19)24-14(3)23-21/h9-13H,4-8H2,1-3H3/t13-/m0/s1. The van der Waals surface area contributed by atoms with E-state index in [4.69, 9.17) is 9.72 Å². The number of carbonyl (C=O) groups is 1. The minimum absolute atomic E-state index is 0.113. The Morgan fingerprint density at radius 2 is 1.96 bits per heavy atom. The van der Waals surface area contributed by atoms with Crippen LogP contribution in [-0.2, 0) is 12.8 Å². The highest BCUT2D eigenvalue weighted by Gasteiger charge is 2.24. The number of aryl methyl sites for hydroxylation is 3. The van der Waals surface area contributed by atoms with Crippen molar-refractivity contribution in [3.05, 3.63) is 46.1 Å². The van der Waals surface area contributed by atoms with Crippen molar-refractivity contribution in [1.82, 2.24) is 9.97 Å². The normalized spacial score (nSPS) is 14.7. The second kappa shape index (κ2) is 8.21. The van der Waals surface area contributed by atoms with Gasteiger partial charge in [0.25, 0.3) is 0 Å². The van der Waals surface area contributed by atoms with E-state index in [-0.39, 0.29) is 11.0 Å². The molecule has 0 aliphatic heterocycles. The van der Waals surface area contributed by atoms with Crippen molar-refractivity contribution in [2.24, 2.45) is 0 Å². The van der Waals surface area contributed by atoms with E-state index in [1.807, 2.05) is 45.0 Å². The summed E-state index contributed by atoms with van der Waals surface area (Å²) in [6.45, 7) is 6.46. The third kappa shape index (κ3) is 3.80. The second-order valence-corrected chi connectivity index (χ2v) is 9.46. The quantitative estimate of drug-likeness (QED) is 0.298. The molecule has 1 aliphatic rings. The molecule has 1 aliphatic carbocycles. The summed E-state index contributed by atoms with van der Waals surface area (Å²) in [5.41, 5.74) is 2.12. The summed E-state index contributed by atoms with van der Waals surface area (Å²) in [5, 5.41) is 1.92. The molecule has 0 fully saturated rings. The van der Waals surface area contributed by atoms with Crippen LogP contribution in [0, 0.1) is 6.92 Å². The zero-order chi connectivity index (χ0) is 19.7. The summed E-state index contributed by atoms with van der Waals surface area (Å²) in [6.07, 6.45) is 4.70. The Bertz CT molecular complexity index is 1010. The van der Waals surface area contributed by atoms with Crippen LogP contribution in [0.15, 0.2) is 29.3 Å². The number of hydrogen-bond donors (Lipinski definition) is 0. The fourth-order valence-electron chi connectivity index (χ4n) is 3.65. The van der Waals surface area contributed by atoms with Crippen LogP contribution in [0.4, 0.5) is 0 Å². The van der Waals surface area contributed by atoms with E-state index < -0.39 is 0 Å². The van der Waals surface area contributed by atoms with Gasteiger partial charge in [-0.05, 0) is 76.3 Å². The average Bonchev–Trinajstić information content (AvgIpc) is 3.06. The molecule has 0 spiro atoms. The first-order valence-corrected chi connectivity index (χ1v) is 11.5. The average molecular weight is 413 g/mol. The van der Waals surface area contributed by atoms with Crippen LogP contribution in [-0.4, -0.2) is 27.6 Å². The van der Waals surface area contributed by atoms with Gasteiger partial charge in [0.05, 0.1) is 11.9 Å². The van der Waals surface area contributed by atoms with Crippen molar-refractivity contribution in [2.45, 2.75) is 56.7 Å². The fraction of sp³-hybridized carbons (Fsp3) is 0.409. The van der Waals surface area contributed by atoms with E-state index in [1.165, 1.54) is 28.7 Å². The van der Waals surface area contributed by atoms with Gasteiger partial charge >= 0.3 is 0 Å². The van der Waals surface area contributed by atoms with Crippen molar-refractivity contribution >= 4 is 39.1 Å². The number of rotatable bonds is 6.